The van der Waals surface area contributed by atoms with Gasteiger partial charge in [0, 0.05) is 25.3 Å². The third kappa shape index (κ3) is 4.36. The second-order valence-electron chi connectivity index (χ2n) is 6.15. The molecular weight excluding hydrogens is 338 g/mol. The number of hydrogen-bond donors (Lipinski definition) is 1. The number of nitrogens with zero attached hydrogens (tertiary/aromatic N) is 2. The maximum absolute atomic E-state index is 12.4. The van der Waals surface area contributed by atoms with Crippen LogP contribution in [-0.4, -0.2) is 48.8 Å². The predicted molar refractivity (Wildman–Crippen MR) is 97.3 cm³/mol. The van der Waals surface area contributed by atoms with Crippen LogP contribution in [0.25, 0.3) is 0 Å². The monoisotopic (exact) mass is 359 g/mol. The Morgan fingerprint density at radius 1 is 1.12 bits per heavy atom. The summed E-state index contributed by atoms with van der Waals surface area (Å²) in [5.74, 6) is 0.569. The Morgan fingerprint density at radius 3 is 2.40 bits per heavy atom. The van der Waals surface area contributed by atoms with E-state index in [9.17, 15) is 13.2 Å². The smallest absolute Gasteiger partial charge is 0.255 e. The summed E-state index contributed by atoms with van der Waals surface area (Å²) in [6.07, 6.45) is 1.53. The van der Waals surface area contributed by atoms with Gasteiger partial charge in [0.1, 0.15) is 5.82 Å². The van der Waals surface area contributed by atoms with Crippen LogP contribution in [0.4, 0.5) is 5.82 Å². The van der Waals surface area contributed by atoms with Gasteiger partial charge in [-0.05, 0) is 24.6 Å². The summed E-state index contributed by atoms with van der Waals surface area (Å²) >= 11 is 0. The van der Waals surface area contributed by atoms with E-state index < -0.39 is 9.84 Å². The van der Waals surface area contributed by atoms with E-state index in [4.69, 9.17) is 0 Å². The molecule has 1 fully saturated rings. The van der Waals surface area contributed by atoms with Crippen LogP contribution in [0.1, 0.15) is 28.9 Å². The van der Waals surface area contributed by atoms with E-state index in [1.54, 1.807) is 17.0 Å². The molecule has 2 aromatic rings. The van der Waals surface area contributed by atoms with E-state index in [0.717, 1.165) is 5.56 Å². The number of carbonyl (C=O) groups excluding carboxylic acids is 1. The van der Waals surface area contributed by atoms with E-state index in [2.05, 4.69) is 10.3 Å². The van der Waals surface area contributed by atoms with Crippen LogP contribution >= 0.6 is 0 Å². The molecule has 0 unspecified atom stereocenters. The molecule has 1 saturated heterocycles. The van der Waals surface area contributed by atoms with Crippen LogP contribution in [0.3, 0.4) is 0 Å². The number of amides is 1. The predicted octanol–water partition coefficient (Wildman–Crippen LogP) is 2.13. The van der Waals surface area contributed by atoms with Crippen molar-refractivity contribution in [2.24, 2.45) is 0 Å². The Balaban J connectivity index is 1.63. The van der Waals surface area contributed by atoms with Gasteiger partial charge in [-0.25, -0.2) is 13.4 Å². The summed E-state index contributed by atoms with van der Waals surface area (Å²) in [4.78, 5) is 18.3. The lowest BCUT2D eigenvalue weighted by molar-refractivity contribution is 0.0770. The molecule has 0 saturated carbocycles. The Bertz CT molecular complexity index is 822. The molecule has 1 aromatic heterocycles. The van der Waals surface area contributed by atoms with Gasteiger partial charge >= 0.3 is 0 Å². The lowest BCUT2D eigenvalue weighted by Gasteiger charge is -2.26. The van der Waals surface area contributed by atoms with E-state index in [-0.39, 0.29) is 36.5 Å². The van der Waals surface area contributed by atoms with Crippen LogP contribution in [0.15, 0.2) is 48.7 Å². The van der Waals surface area contributed by atoms with Crippen LogP contribution in [0.2, 0.25) is 0 Å². The first-order valence-electron chi connectivity index (χ1n) is 8.22. The number of rotatable bonds is 4. The minimum atomic E-state index is -3.00. The topological polar surface area (TPSA) is 79.4 Å². The van der Waals surface area contributed by atoms with Gasteiger partial charge in [-0.15, -0.1) is 0 Å². The highest BCUT2D eigenvalue weighted by Gasteiger charge is 2.25. The highest BCUT2D eigenvalue weighted by Crippen LogP contribution is 2.18. The van der Waals surface area contributed by atoms with Crippen LogP contribution in [0.5, 0.6) is 0 Å². The van der Waals surface area contributed by atoms with Crippen molar-refractivity contribution < 1.29 is 13.2 Å². The van der Waals surface area contributed by atoms with Gasteiger partial charge < -0.3 is 10.2 Å². The standard InChI is InChI=1S/C18H21N3O3S/c1-14(15-5-3-2-4-6-15)20-17-8-7-16(13-19-17)18(22)21-9-11-25(23,24)12-10-21/h2-8,13-14H,9-12H2,1H3,(H,19,20)/t14-/m1/s1. The van der Waals surface area contributed by atoms with E-state index in [1.807, 2.05) is 37.3 Å². The molecule has 1 aromatic carbocycles. The van der Waals surface area contributed by atoms with Gasteiger partial charge in [-0.2, -0.15) is 0 Å². The van der Waals surface area contributed by atoms with Crippen molar-refractivity contribution in [3.63, 3.8) is 0 Å². The van der Waals surface area contributed by atoms with Gasteiger partial charge in [-0.3, -0.25) is 4.79 Å². The zero-order chi connectivity index (χ0) is 17.9. The number of pyridine rings is 1. The molecule has 2 heterocycles. The van der Waals surface area contributed by atoms with Gasteiger partial charge in [0.2, 0.25) is 0 Å². The number of anilines is 1. The third-order valence-corrected chi connectivity index (χ3v) is 5.92. The summed E-state index contributed by atoms with van der Waals surface area (Å²) in [6, 6.07) is 13.6. The maximum Gasteiger partial charge on any atom is 0.255 e. The van der Waals surface area contributed by atoms with Gasteiger partial charge in [0.25, 0.3) is 5.91 Å². The van der Waals surface area contributed by atoms with Crippen LogP contribution in [-0.2, 0) is 9.84 Å². The molecule has 0 bridgehead atoms. The van der Waals surface area contributed by atoms with Gasteiger partial charge in [0.15, 0.2) is 9.84 Å². The Kier molecular flexibility index (Phi) is 5.03. The largest absolute Gasteiger partial charge is 0.364 e. The van der Waals surface area contributed by atoms with Crippen LogP contribution in [0, 0.1) is 0 Å². The molecular formula is C18H21N3O3S. The van der Waals surface area contributed by atoms with E-state index in [1.165, 1.54) is 6.20 Å². The number of benzene rings is 1. The number of carbonyl (C=O) groups is 1. The first-order valence-corrected chi connectivity index (χ1v) is 10.0. The fraction of sp³-hybridized carbons (Fsp3) is 0.333. The molecule has 1 atom stereocenters. The lowest BCUT2D eigenvalue weighted by atomic mass is 10.1. The van der Waals surface area contributed by atoms with E-state index >= 15 is 0 Å². The first-order chi connectivity index (χ1) is 11.9. The lowest BCUT2D eigenvalue weighted by Crippen LogP contribution is -2.43. The van der Waals surface area contributed by atoms with Crippen molar-refractivity contribution in [3.05, 3.63) is 59.8 Å². The molecule has 0 spiro atoms. The van der Waals surface area contributed by atoms with Crippen LogP contribution < -0.4 is 5.32 Å². The average molecular weight is 359 g/mol. The average Bonchev–Trinajstić information content (AvgIpc) is 2.62. The second-order valence-corrected chi connectivity index (χ2v) is 8.46. The molecule has 0 radical (unpaired) electrons. The number of hydrogen-bond acceptors (Lipinski definition) is 5. The van der Waals surface area contributed by atoms with Crippen molar-refractivity contribution in [2.75, 3.05) is 29.9 Å². The molecule has 1 amide bonds. The summed E-state index contributed by atoms with van der Waals surface area (Å²) in [5, 5.41) is 3.30. The normalized spacial score (nSPS) is 17.7. The first kappa shape index (κ1) is 17.4. The van der Waals surface area contributed by atoms with Gasteiger partial charge in [0.05, 0.1) is 17.1 Å². The molecule has 1 N–H and O–H groups in total. The molecule has 132 valence electrons. The fourth-order valence-electron chi connectivity index (χ4n) is 2.75. The Hall–Kier alpha value is -2.41. The molecule has 25 heavy (non-hydrogen) atoms. The quantitative estimate of drug-likeness (QED) is 0.905. The van der Waals surface area contributed by atoms with Crippen molar-refractivity contribution in [3.8, 4) is 0 Å². The molecule has 7 heteroatoms. The minimum Gasteiger partial charge on any atom is -0.364 e. The highest BCUT2D eigenvalue weighted by molar-refractivity contribution is 7.91. The zero-order valence-electron chi connectivity index (χ0n) is 14.1. The second kappa shape index (κ2) is 7.23. The fourth-order valence-corrected chi connectivity index (χ4v) is 3.95. The minimum absolute atomic E-state index is 0.0282. The summed E-state index contributed by atoms with van der Waals surface area (Å²) in [6.45, 7) is 2.53. The summed E-state index contributed by atoms with van der Waals surface area (Å²) < 4.78 is 22.9. The number of aromatic nitrogens is 1. The van der Waals surface area contributed by atoms with E-state index in [0.29, 0.717) is 11.4 Å². The van der Waals surface area contributed by atoms with Crippen molar-refractivity contribution in [2.45, 2.75) is 13.0 Å². The molecule has 1 aliphatic heterocycles. The Morgan fingerprint density at radius 2 is 1.80 bits per heavy atom. The number of nitrogens with one attached hydrogen (secondary N) is 1. The third-order valence-electron chi connectivity index (χ3n) is 4.31. The van der Waals surface area contributed by atoms with Crippen molar-refractivity contribution >= 4 is 21.6 Å². The molecule has 1 aliphatic rings. The molecule has 6 nitrogen and oxygen atoms in total. The SMILES string of the molecule is C[C@@H](Nc1ccc(C(=O)N2CCS(=O)(=O)CC2)cn1)c1ccccc1. The molecule has 0 aliphatic carbocycles. The molecule has 3 rings (SSSR count). The number of sulfone groups is 1. The van der Waals surface area contributed by atoms with Crippen molar-refractivity contribution in [1.82, 2.24) is 9.88 Å². The zero-order valence-corrected chi connectivity index (χ0v) is 14.9. The van der Waals surface area contributed by atoms with Gasteiger partial charge in [-0.1, -0.05) is 30.3 Å². The van der Waals surface area contributed by atoms with Crippen molar-refractivity contribution in [1.29, 1.82) is 0 Å². The summed E-state index contributed by atoms with van der Waals surface area (Å²) in [5.41, 5.74) is 1.62. The summed E-state index contributed by atoms with van der Waals surface area (Å²) in [7, 11) is -3.00. The Labute approximate surface area is 147 Å². The highest BCUT2D eigenvalue weighted by atomic mass is 32.2. The maximum atomic E-state index is 12.4.